The first-order chi connectivity index (χ1) is 15.4. The number of aryl methyl sites for hydroxylation is 1. The van der Waals surface area contributed by atoms with E-state index in [1.165, 1.54) is 0 Å². The van der Waals surface area contributed by atoms with E-state index in [0.29, 0.717) is 22.8 Å². The van der Waals surface area contributed by atoms with Gasteiger partial charge in [0.1, 0.15) is 23.5 Å². The van der Waals surface area contributed by atoms with Crippen molar-refractivity contribution in [1.82, 2.24) is 19.5 Å². The molecule has 2 aromatic heterocycles. The van der Waals surface area contributed by atoms with Crippen molar-refractivity contribution in [2.24, 2.45) is 0 Å². The highest BCUT2D eigenvalue weighted by Gasteiger charge is 2.54. The van der Waals surface area contributed by atoms with Gasteiger partial charge in [-0.3, -0.25) is 4.57 Å². The molecule has 0 spiro atoms. The summed E-state index contributed by atoms with van der Waals surface area (Å²) in [5.41, 5.74) is 7.42. The molecule has 0 saturated carbocycles. The molecular weight excluding hydrogens is 462 g/mol. The number of nitrogens with two attached hydrogens (primary N) is 1. The summed E-state index contributed by atoms with van der Waals surface area (Å²) in [7, 11) is -4.25. The van der Waals surface area contributed by atoms with E-state index in [4.69, 9.17) is 19.3 Å². The molecule has 8 nitrogen and oxygen atoms in total. The fraction of sp³-hybridized carbons (Fsp3) is 0.792. The number of fused-ring (bicyclic) bond motifs is 1. The average Bonchev–Trinajstić information content (AvgIpc) is 3.21. The van der Waals surface area contributed by atoms with E-state index in [9.17, 15) is 0 Å². The fourth-order valence-corrected chi connectivity index (χ4v) is 6.40. The second-order valence-corrected chi connectivity index (χ2v) is 22.2. The van der Waals surface area contributed by atoms with Crippen LogP contribution in [0.2, 0.25) is 36.3 Å². The molecule has 10 heteroatoms. The van der Waals surface area contributed by atoms with Gasteiger partial charge in [-0.15, -0.1) is 0 Å². The Hall–Kier alpha value is -1.34. The second-order valence-electron chi connectivity index (χ2n) is 12.6. The van der Waals surface area contributed by atoms with Gasteiger partial charge in [0.15, 0.2) is 34.3 Å². The van der Waals surface area contributed by atoms with Gasteiger partial charge in [-0.1, -0.05) is 48.5 Å². The lowest BCUT2D eigenvalue weighted by molar-refractivity contribution is -0.0324. The number of hydrogen-bond donors (Lipinski definition) is 1. The molecule has 0 radical (unpaired) electrons. The van der Waals surface area contributed by atoms with Gasteiger partial charge < -0.3 is 19.3 Å². The molecule has 2 aromatic rings. The van der Waals surface area contributed by atoms with E-state index in [1.807, 2.05) is 11.5 Å². The Kier molecular flexibility index (Phi) is 7.18. The van der Waals surface area contributed by atoms with Crippen LogP contribution in [0, 0.1) is 6.92 Å². The number of nitrogen functional groups attached to an aromatic ring is 1. The smallest absolute Gasteiger partial charge is 0.192 e. The molecule has 3 heterocycles. The lowest BCUT2D eigenvalue weighted by Crippen LogP contribution is -2.53. The summed E-state index contributed by atoms with van der Waals surface area (Å²) in [5.74, 6) is 0.981. The van der Waals surface area contributed by atoms with Crippen molar-refractivity contribution in [2.75, 3.05) is 5.73 Å². The van der Waals surface area contributed by atoms with Crippen LogP contribution in [-0.4, -0.2) is 54.5 Å². The summed E-state index contributed by atoms with van der Waals surface area (Å²) in [4.78, 5) is 13.5. The van der Waals surface area contributed by atoms with Gasteiger partial charge in [-0.2, -0.15) is 0 Å². The van der Waals surface area contributed by atoms with Crippen molar-refractivity contribution in [1.29, 1.82) is 0 Å². The van der Waals surface area contributed by atoms with Crippen LogP contribution in [0.1, 0.15) is 66.9 Å². The molecular formula is C24H45N5O3Si2. The highest BCUT2D eigenvalue weighted by atomic mass is 28.4. The minimum atomic E-state index is -2.15. The first-order valence-electron chi connectivity index (χ1n) is 12.4. The van der Waals surface area contributed by atoms with Gasteiger partial charge in [0, 0.05) is 0 Å². The molecule has 192 valence electrons. The van der Waals surface area contributed by atoms with Gasteiger partial charge in [-0.25, -0.2) is 15.0 Å². The summed E-state index contributed by atoms with van der Waals surface area (Å²) < 4.78 is 22.8. The van der Waals surface area contributed by atoms with Gasteiger partial charge >= 0.3 is 0 Å². The van der Waals surface area contributed by atoms with Crippen molar-refractivity contribution >= 4 is 33.6 Å². The zero-order valence-corrected chi connectivity index (χ0v) is 25.2. The SMILES string of the molecule is CC[C@H]1OC(n2cnc3c(N)nc(C)nc32)[C@H](O[Si](C)(C)C(C)(C)C)[C@@H]1O[Si](C)(C)C(C)(C)C. The summed E-state index contributed by atoms with van der Waals surface area (Å²) >= 11 is 0. The Morgan fingerprint density at radius 3 is 2.00 bits per heavy atom. The Balaban J connectivity index is 2.13. The number of rotatable bonds is 6. The summed E-state index contributed by atoms with van der Waals surface area (Å²) in [6, 6.07) is 0. The molecule has 1 fully saturated rings. The minimum absolute atomic E-state index is 0.0452. The third-order valence-corrected chi connectivity index (χ3v) is 16.9. The molecule has 1 aliphatic rings. The van der Waals surface area contributed by atoms with E-state index in [2.05, 4.69) is 89.6 Å². The quantitative estimate of drug-likeness (QED) is 0.493. The van der Waals surface area contributed by atoms with Crippen molar-refractivity contribution in [3.63, 3.8) is 0 Å². The molecule has 4 atom stereocenters. The summed E-state index contributed by atoms with van der Waals surface area (Å²) in [6.45, 7) is 26.7. The molecule has 0 bridgehead atoms. The standard InChI is InChI=1S/C24H45N5O3Si2/c1-13-16-18(31-33(9,10)23(3,4)5)19(32-34(11,12)24(6,7)8)22(30-16)29-14-26-17-20(25)27-15(2)28-21(17)29/h14,16,18-19,22H,13H2,1-12H3,(H2,25,27,28)/t16-,18-,19-,22?/m1/s1. The normalized spacial score (nSPS) is 24.8. The number of hydrogen-bond acceptors (Lipinski definition) is 7. The minimum Gasteiger partial charge on any atom is -0.408 e. The lowest BCUT2D eigenvalue weighted by Gasteiger charge is -2.44. The summed E-state index contributed by atoms with van der Waals surface area (Å²) in [6.07, 6.45) is 1.62. The Labute approximate surface area is 207 Å². The van der Waals surface area contributed by atoms with Crippen LogP contribution in [0.4, 0.5) is 5.82 Å². The zero-order valence-electron chi connectivity index (χ0n) is 23.2. The third kappa shape index (κ3) is 4.97. The predicted molar refractivity (Wildman–Crippen MR) is 143 cm³/mol. The van der Waals surface area contributed by atoms with Crippen LogP contribution >= 0.6 is 0 Å². The number of imidazole rings is 1. The predicted octanol–water partition coefficient (Wildman–Crippen LogP) is 5.81. The number of anilines is 1. The van der Waals surface area contributed by atoms with E-state index in [0.717, 1.165) is 6.42 Å². The molecule has 1 unspecified atom stereocenters. The van der Waals surface area contributed by atoms with Gasteiger partial charge in [0.05, 0.1) is 12.4 Å². The number of aromatic nitrogens is 4. The molecule has 0 aliphatic carbocycles. The van der Waals surface area contributed by atoms with E-state index in [-0.39, 0.29) is 28.4 Å². The van der Waals surface area contributed by atoms with Gasteiger partial charge in [0.25, 0.3) is 0 Å². The fourth-order valence-electron chi connectivity index (χ4n) is 3.80. The Morgan fingerprint density at radius 1 is 0.971 bits per heavy atom. The maximum Gasteiger partial charge on any atom is 0.192 e. The average molecular weight is 508 g/mol. The van der Waals surface area contributed by atoms with Crippen LogP contribution in [-0.2, 0) is 13.6 Å². The van der Waals surface area contributed by atoms with Crippen molar-refractivity contribution in [3.8, 4) is 0 Å². The highest BCUT2D eigenvalue weighted by Crippen LogP contribution is 2.46. The maximum atomic E-state index is 7.10. The van der Waals surface area contributed by atoms with Gasteiger partial charge in [0.2, 0.25) is 0 Å². The molecule has 0 amide bonds. The first-order valence-corrected chi connectivity index (χ1v) is 18.2. The van der Waals surface area contributed by atoms with Gasteiger partial charge in [-0.05, 0) is 49.6 Å². The summed E-state index contributed by atoms with van der Waals surface area (Å²) in [5, 5.41) is 0.120. The van der Waals surface area contributed by atoms with Crippen LogP contribution < -0.4 is 5.73 Å². The monoisotopic (exact) mass is 507 g/mol. The van der Waals surface area contributed by atoms with Crippen molar-refractivity contribution < 1.29 is 13.6 Å². The largest absolute Gasteiger partial charge is 0.408 e. The zero-order chi connectivity index (χ0) is 25.9. The van der Waals surface area contributed by atoms with Crippen LogP contribution in [0.25, 0.3) is 11.2 Å². The first kappa shape index (κ1) is 27.3. The third-order valence-electron chi connectivity index (χ3n) is 8.00. The highest BCUT2D eigenvalue weighted by molar-refractivity contribution is 6.74. The lowest BCUT2D eigenvalue weighted by atomic mass is 10.1. The number of ether oxygens (including phenoxy) is 1. The molecule has 1 aliphatic heterocycles. The Morgan fingerprint density at radius 2 is 1.50 bits per heavy atom. The van der Waals surface area contributed by atoms with E-state index < -0.39 is 22.9 Å². The van der Waals surface area contributed by atoms with Crippen molar-refractivity contribution in [2.45, 2.75) is 123 Å². The molecule has 0 aromatic carbocycles. The molecule has 3 rings (SSSR count). The Bertz CT molecular complexity index is 1030. The molecule has 1 saturated heterocycles. The molecule has 2 N–H and O–H groups in total. The number of nitrogens with zero attached hydrogens (tertiary/aromatic N) is 4. The van der Waals surface area contributed by atoms with E-state index in [1.54, 1.807) is 6.33 Å². The second kappa shape index (κ2) is 8.95. The topological polar surface area (TPSA) is 97.3 Å². The van der Waals surface area contributed by atoms with Crippen LogP contribution in [0.5, 0.6) is 0 Å². The van der Waals surface area contributed by atoms with Crippen molar-refractivity contribution in [3.05, 3.63) is 12.2 Å². The van der Waals surface area contributed by atoms with Crippen LogP contribution in [0.3, 0.4) is 0 Å². The molecule has 34 heavy (non-hydrogen) atoms. The van der Waals surface area contributed by atoms with E-state index >= 15 is 0 Å². The van der Waals surface area contributed by atoms with Crippen LogP contribution in [0.15, 0.2) is 6.33 Å². The maximum absolute atomic E-state index is 7.10.